The fraction of sp³-hybridized carbons (Fsp3) is 0.0667. The Morgan fingerprint density at radius 3 is 2.89 bits per heavy atom. The Hall–Kier alpha value is -2.80. The van der Waals surface area contributed by atoms with E-state index in [1.54, 1.807) is 12.3 Å². The number of hydrogen-bond donors (Lipinski definition) is 0. The van der Waals surface area contributed by atoms with Gasteiger partial charge < -0.3 is 9.47 Å². The van der Waals surface area contributed by atoms with Crippen LogP contribution in [0.1, 0.15) is 11.3 Å². The van der Waals surface area contributed by atoms with E-state index in [0.29, 0.717) is 17.0 Å². The lowest BCUT2D eigenvalue weighted by Crippen LogP contribution is -1.92. The van der Waals surface area contributed by atoms with Crippen LogP contribution in [-0.4, -0.2) is 11.8 Å². The second-order valence-electron chi connectivity index (χ2n) is 4.00. The molecule has 4 nitrogen and oxygen atoms in total. The first-order chi connectivity index (χ1) is 9.36. The van der Waals surface area contributed by atoms with Crippen LogP contribution in [0.4, 0.5) is 0 Å². The van der Waals surface area contributed by atoms with Crippen LogP contribution < -0.4 is 9.47 Å². The van der Waals surface area contributed by atoms with E-state index in [0.717, 1.165) is 11.3 Å². The summed E-state index contributed by atoms with van der Waals surface area (Å²) >= 11 is 0. The molecule has 0 saturated carbocycles. The zero-order valence-corrected chi connectivity index (χ0v) is 10.0. The van der Waals surface area contributed by atoms with Gasteiger partial charge in [-0.2, -0.15) is 5.26 Å². The molecule has 0 amide bonds. The number of hydrogen-bond acceptors (Lipinski definition) is 4. The molecule has 19 heavy (non-hydrogen) atoms. The Kier molecular flexibility index (Phi) is 2.87. The largest absolute Gasteiger partial charge is 0.454 e. The SMILES string of the molecule is N#CC(=Cc1ccc2c(c1)OCO2)c1ccccn1. The van der Waals surface area contributed by atoms with Gasteiger partial charge in [-0.25, -0.2) is 0 Å². The molecule has 0 unspecified atom stereocenters. The highest BCUT2D eigenvalue weighted by molar-refractivity contribution is 5.88. The number of nitriles is 1. The molecule has 1 aliphatic rings. The highest BCUT2D eigenvalue weighted by Crippen LogP contribution is 2.33. The predicted octanol–water partition coefficient (Wildman–Crippen LogP) is 2.87. The van der Waals surface area contributed by atoms with Crippen LogP contribution in [0.3, 0.4) is 0 Å². The molecule has 0 spiro atoms. The van der Waals surface area contributed by atoms with Gasteiger partial charge in [-0.15, -0.1) is 0 Å². The molecule has 0 fully saturated rings. The maximum absolute atomic E-state index is 9.22. The molecule has 4 heteroatoms. The van der Waals surface area contributed by atoms with E-state index in [4.69, 9.17) is 9.47 Å². The van der Waals surface area contributed by atoms with E-state index in [1.165, 1.54) is 0 Å². The summed E-state index contributed by atoms with van der Waals surface area (Å²) in [5, 5.41) is 9.22. The molecular formula is C15H10N2O2. The summed E-state index contributed by atoms with van der Waals surface area (Å²) in [6.07, 6.45) is 3.45. The Bertz CT molecular complexity index is 672. The van der Waals surface area contributed by atoms with Gasteiger partial charge in [0.25, 0.3) is 0 Å². The zero-order valence-electron chi connectivity index (χ0n) is 10.0. The van der Waals surface area contributed by atoms with E-state index in [9.17, 15) is 5.26 Å². The Labute approximate surface area is 110 Å². The van der Waals surface area contributed by atoms with E-state index < -0.39 is 0 Å². The van der Waals surface area contributed by atoms with Gasteiger partial charge >= 0.3 is 0 Å². The first-order valence-corrected chi connectivity index (χ1v) is 5.80. The number of aromatic nitrogens is 1. The molecule has 0 aliphatic carbocycles. The van der Waals surface area contributed by atoms with E-state index in [-0.39, 0.29) is 6.79 Å². The van der Waals surface area contributed by atoms with Gasteiger partial charge in [0.2, 0.25) is 6.79 Å². The van der Waals surface area contributed by atoms with Crippen LogP contribution in [0.5, 0.6) is 11.5 Å². The number of pyridine rings is 1. The lowest BCUT2D eigenvalue weighted by atomic mass is 10.1. The zero-order chi connectivity index (χ0) is 13.1. The van der Waals surface area contributed by atoms with Gasteiger partial charge in [-0.1, -0.05) is 12.1 Å². The lowest BCUT2D eigenvalue weighted by molar-refractivity contribution is 0.174. The van der Waals surface area contributed by atoms with Crippen LogP contribution in [-0.2, 0) is 0 Å². The highest BCUT2D eigenvalue weighted by atomic mass is 16.7. The van der Waals surface area contributed by atoms with Crippen LogP contribution in [0.25, 0.3) is 11.6 Å². The first-order valence-electron chi connectivity index (χ1n) is 5.80. The standard InChI is InChI=1S/C15H10N2O2/c16-9-12(13-3-1-2-6-17-13)7-11-4-5-14-15(8-11)19-10-18-14/h1-8H,10H2. The molecule has 0 radical (unpaired) electrons. The van der Waals surface area contributed by atoms with Gasteiger partial charge in [0.05, 0.1) is 11.3 Å². The van der Waals surface area contributed by atoms with E-state index in [1.807, 2.05) is 36.4 Å². The number of benzene rings is 1. The summed E-state index contributed by atoms with van der Waals surface area (Å²) in [4.78, 5) is 4.17. The number of rotatable bonds is 2. The van der Waals surface area contributed by atoms with E-state index in [2.05, 4.69) is 11.1 Å². The van der Waals surface area contributed by atoms with Gasteiger partial charge in [-0.3, -0.25) is 4.98 Å². The van der Waals surface area contributed by atoms with Crippen molar-refractivity contribution >= 4 is 11.6 Å². The van der Waals surface area contributed by atoms with Crippen molar-refractivity contribution in [2.75, 3.05) is 6.79 Å². The van der Waals surface area contributed by atoms with Crippen LogP contribution in [0.15, 0.2) is 42.6 Å². The quantitative estimate of drug-likeness (QED) is 0.769. The predicted molar refractivity (Wildman–Crippen MR) is 70.3 cm³/mol. The summed E-state index contributed by atoms with van der Waals surface area (Å²) < 4.78 is 10.6. The summed E-state index contributed by atoms with van der Waals surface area (Å²) in [7, 11) is 0. The summed E-state index contributed by atoms with van der Waals surface area (Å²) in [6, 6.07) is 13.2. The first kappa shape index (κ1) is 11.3. The molecule has 0 saturated heterocycles. The highest BCUT2D eigenvalue weighted by Gasteiger charge is 2.13. The third-order valence-electron chi connectivity index (χ3n) is 2.77. The molecule has 0 bridgehead atoms. The van der Waals surface area contributed by atoms with Crippen molar-refractivity contribution in [1.82, 2.24) is 4.98 Å². The number of allylic oxidation sites excluding steroid dienone is 1. The van der Waals surface area contributed by atoms with Crippen molar-refractivity contribution in [1.29, 1.82) is 5.26 Å². The molecule has 0 atom stereocenters. The summed E-state index contributed by atoms with van der Waals surface area (Å²) in [5.41, 5.74) is 2.05. The molecule has 3 rings (SSSR count). The topological polar surface area (TPSA) is 55.1 Å². The second kappa shape index (κ2) is 4.83. The van der Waals surface area contributed by atoms with E-state index >= 15 is 0 Å². The minimum atomic E-state index is 0.244. The normalized spacial score (nSPS) is 13.1. The fourth-order valence-electron chi connectivity index (χ4n) is 1.86. The Balaban J connectivity index is 1.98. The lowest BCUT2D eigenvalue weighted by Gasteiger charge is -2.00. The summed E-state index contributed by atoms with van der Waals surface area (Å²) in [6.45, 7) is 0.244. The van der Waals surface area contributed by atoms with Gasteiger partial charge in [-0.05, 0) is 35.9 Å². The minimum absolute atomic E-state index is 0.244. The van der Waals surface area contributed by atoms with Crippen LogP contribution >= 0.6 is 0 Å². The maximum atomic E-state index is 9.22. The molecule has 1 aliphatic heterocycles. The maximum Gasteiger partial charge on any atom is 0.231 e. The molecule has 2 heterocycles. The molecule has 92 valence electrons. The average Bonchev–Trinajstić information content (AvgIpc) is 2.93. The smallest absolute Gasteiger partial charge is 0.231 e. The van der Waals surface area contributed by atoms with Crippen molar-refractivity contribution < 1.29 is 9.47 Å². The number of fused-ring (bicyclic) bond motifs is 1. The van der Waals surface area contributed by atoms with Crippen molar-refractivity contribution in [2.24, 2.45) is 0 Å². The molecule has 1 aromatic heterocycles. The molecule has 0 N–H and O–H groups in total. The molecule has 1 aromatic carbocycles. The number of ether oxygens (including phenoxy) is 2. The van der Waals surface area contributed by atoms with Crippen molar-refractivity contribution in [3.05, 3.63) is 53.9 Å². The monoisotopic (exact) mass is 250 g/mol. The van der Waals surface area contributed by atoms with Crippen LogP contribution in [0, 0.1) is 11.3 Å². The van der Waals surface area contributed by atoms with Gasteiger partial charge in [0.1, 0.15) is 6.07 Å². The minimum Gasteiger partial charge on any atom is -0.454 e. The third kappa shape index (κ3) is 2.26. The molecular weight excluding hydrogens is 240 g/mol. The van der Waals surface area contributed by atoms with Crippen LogP contribution in [0.2, 0.25) is 0 Å². The van der Waals surface area contributed by atoms with Crippen molar-refractivity contribution in [2.45, 2.75) is 0 Å². The third-order valence-corrected chi connectivity index (χ3v) is 2.77. The number of nitrogens with zero attached hydrogens (tertiary/aromatic N) is 2. The second-order valence-corrected chi connectivity index (χ2v) is 4.00. The molecule has 2 aromatic rings. The Morgan fingerprint density at radius 1 is 1.21 bits per heavy atom. The average molecular weight is 250 g/mol. The van der Waals surface area contributed by atoms with Crippen molar-refractivity contribution in [3.8, 4) is 17.6 Å². The van der Waals surface area contributed by atoms with Gasteiger partial charge in [0.15, 0.2) is 11.5 Å². The Morgan fingerprint density at radius 2 is 2.11 bits per heavy atom. The van der Waals surface area contributed by atoms with Gasteiger partial charge in [0, 0.05) is 6.20 Å². The van der Waals surface area contributed by atoms with Crippen molar-refractivity contribution in [3.63, 3.8) is 0 Å². The fourth-order valence-corrected chi connectivity index (χ4v) is 1.86. The summed E-state index contributed by atoms with van der Waals surface area (Å²) in [5.74, 6) is 1.43.